The smallest absolute Gasteiger partial charge is 0.271 e. The van der Waals surface area contributed by atoms with Gasteiger partial charge in [-0.25, -0.2) is 9.37 Å². The zero-order valence-corrected chi connectivity index (χ0v) is 14.6. The van der Waals surface area contributed by atoms with Gasteiger partial charge >= 0.3 is 0 Å². The fourth-order valence-electron chi connectivity index (χ4n) is 2.35. The second-order valence-electron chi connectivity index (χ2n) is 5.51. The minimum Gasteiger partial charge on any atom is -0.497 e. The summed E-state index contributed by atoms with van der Waals surface area (Å²) < 4.78 is 18.1. The van der Waals surface area contributed by atoms with Crippen LogP contribution in [0.2, 0.25) is 0 Å². The van der Waals surface area contributed by atoms with Gasteiger partial charge in [-0.15, -0.1) is 11.3 Å². The highest BCUT2D eigenvalue weighted by atomic mass is 32.1. The van der Waals surface area contributed by atoms with Crippen LogP contribution in [0.4, 0.5) is 4.39 Å². The van der Waals surface area contributed by atoms with Gasteiger partial charge in [0.05, 0.1) is 13.2 Å². The van der Waals surface area contributed by atoms with Gasteiger partial charge in [-0.05, 0) is 48.9 Å². The third-order valence-corrected chi connectivity index (χ3v) is 4.68. The van der Waals surface area contributed by atoms with E-state index in [0.717, 1.165) is 21.9 Å². The van der Waals surface area contributed by atoms with Gasteiger partial charge in [0.1, 0.15) is 22.3 Å². The van der Waals surface area contributed by atoms with Gasteiger partial charge in [-0.1, -0.05) is 12.1 Å². The Hall–Kier alpha value is -2.73. The largest absolute Gasteiger partial charge is 0.497 e. The van der Waals surface area contributed by atoms with E-state index in [0.29, 0.717) is 5.69 Å². The summed E-state index contributed by atoms with van der Waals surface area (Å²) in [7, 11) is 1.61. The van der Waals surface area contributed by atoms with E-state index in [1.54, 1.807) is 24.6 Å². The summed E-state index contributed by atoms with van der Waals surface area (Å²) in [6.45, 7) is 1.85. The molecule has 25 heavy (non-hydrogen) atoms. The summed E-state index contributed by atoms with van der Waals surface area (Å²) >= 11 is 1.41. The van der Waals surface area contributed by atoms with Gasteiger partial charge in [0.2, 0.25) is 0 Å². The Balaban J connectivity index is 1.70. The Morgan fingerprint density at radius 3 is 2.48 bits per heavy atom. The van der Waals surface area contributed by atoms with Crippen LogP contribution < -0.4 is 10.1 Å². The van der Waals surface area contributed by atoms with Crippen LogP contribution in [0.25, 0.3) is 10.6 Å². The number of methoxy groups -OCH3 is 1. The lowest BCUT2D eigenvalue weighted by Gasteiger charge is -2.13. The molecule has 1 N–H and O–H groups in total. The quantitative estimate of drug-likeness (QED) is 0.735. The van der Waals surface area contributed by atoms with Crippen molar-refractivity contribution in [1.82, 2.24) is 10.3 Å². The number of carbonyl (C=O) groups is 1. The average molecular weight is 356 g/mol. The summed E-state index contributed by atoms with van der Waals surface area (Å²) in [5, 5.41) is 5.37. The summed E-state index contributed by atoms with van der Waals surface area (Å²) in [6.07, 6.45) is 0. The van der Waals surface area contributed by atoms with Crippen molar-refractivity contribution in [1.29, 1.82) is 0 Å². The molecule has 0 unspecified atom stereocenters. The first-order valence-electron chi connectivity index (χ1n) is 7.73. The molecule has 2 aromatic carbocycles. The van der Waals surface area contributed by atoms with Crippen molar-refractivity contribution in [3.05, 3.63) is 71.0 Å². The molecule has 1 aromatic heterocycles. The monoisotopic (exact) mass is 356 g/mol. The van der Waals surface area contributed by atoms with Gasteiger partial charge in [-0.2, -0.15) is 0 Å². The molecule has 1 heterocycles. The van der Waals surface area contributed by atoms with Gasteiger partial charge in [0.15, 0.2) is 0 Å². The predicted molar refractivity (Wildman–Crippen MR) is 96.4 cm³/mol. The Morgan fingerprint density at radius 2 is 1.84 bits per heavy atom. The maximum atomic E-state index is 13.0. The molecule has 3 rings (SSSR count). The molecule has 1 amide bonds. The highest BCUT2D eigenvalue weighted by Crippen LogP contribution is 2.26. The normalized spacial score (nSPS) is 11.8. The van der Waals surface area contributed by atoms with Crippen LogP contribution in [0.3, 0.4) is 0 Å². The van der Waals surface area contributed by atoms with Crippen molar-refractivity contribution >= 4 is 17.2 Å². The van der Waals surface area contributed by atoms with Crippen molar-refractivity contribution < 1.29 is 13.9 Å². The van der Waals surface area contributed by atoms with Crippen LogP contribution in [0.15, 0.2) is 53.9 Å². The van der Waals surface area contributed by atoms with Crippen LogP contribution in [-0.2, 0) is 0 Å². The van der Waals surface area contributed by atoms with E-state index in [9.17, 15) is 9.18 Å². The van der Waals surface area contributed by atoms with E-state index >= 15 is 0 Å². The van der Waals surface area contributed by atoms with Crippen molar-refractivity contribution in [3.63, 3.8) is 0 Å². The van der Waals surface area contributed by atoms with Gasteiger partial charge < -0.3 is 10.1 Å². The second kappa shape index (κ2) is 7.44. The van der Waals surface area contributed by atoms with E-state index in [2.05, 4.69) is 10.3 Å². The molecule has 0 saturated heterocycles. The highest BCUT2D eigenvalue weighted by Gasteiger charge is 2.15. The lowest BCUT2D eigenvalue weighted by molar-refractivity contribution is 0.0935. The van der Waals surface area contributed by atoms with E-state index in [1.165, 1.54) is 23.5 Å². The summed E-state index contributed by atoms with van der Waals surface area (Å²) in [5.74, 6) is 0.213. The second-order valence-corrected chi connectivity index (χ2v) is 6.37. The van der Waals surface area contributed by atoms with E-state index < -0.39 is 0 Å². The molecule has 0 spiro atoms. The van der Waals surface area contributed by atoms with Gasteiger partial charge in [0.25, 0.3) is 5.91 Å². The number of hydrogen-bond donors (Lipinski definition) is 1. The maximum Gasteiger partial charge on any atom is 0.271 e. The van der Waals surface area contributed by atoms with Crippen molar-refractivity contribution in [2.75, 3.05) is 7.11 Å². The number of benzene rings is 2. The fourth-order valence-corrected chi connectivity index (χ4v) is 3.16. The highest BCUT2D eigenvalue weighted by molar-refractivity contribution is 7.13. The zero-order chi connectivity index (χ0) is 17.8. The first kappa shape index (κ1) is 17.1. The number of rotatable bonds is 5. The molecule has 0 aliphatic carbocycles. The van der Waals surface area contributed by atoms with Crippen LogP contribution in [0.5, 0.6) is 5.75 Å². The zero-order valence-electron chi connectivity index (χ0n) is 13.8. The van der Waals surface area contributed by atoms with Gasteiger partial charge in [0, 0.05) is 10.9 Å². The molecule has 6 heteroatoms. The topological polar surface area (TPSA) is 51.2 Å². The molecule has 128 valence electrons. The van der Waals surface area contributed by atoms with Crippen molar-refractivity contribution in [2.45, 2.75) is 13.0 Å². The number of nitrogens with zero attached hydrogens (tertiary/aromatic N) is 1. The molecule has 1 atom stereocenters. The number of halogens is 1. The lowest BCUT2D eigenvalue weighted by atomic mass is 10.1. The van der Waals surface area contributed by atoms with Crippen molar-refractivity contribution in [2.24, 2.45) is 0 Å². The van der Waals surface area contributed by atoms with E-state index in [-0.39, 0.29) is 17.8 Å². The van der Waals surface area contributed by atoms with E-state index in [4.69, 9.17) is 4.74 Å². The Morgan fingerprint density at radius 1 is 1.16 bits per heavy atom. The first-order chi connectivity index (χ1) is 12.1. The Labute approximate surface area is 149 Å². The molecule has 0 aliphatic rings. The lowest BCUT2D eigenvalue weighted by Crippen LogP contribution is -2.26. The Bertz CT molecular complexity index is 860. The molecule has 0 bridgehead atoms. The Kier molecular flexibility index (Phi) is 5.09. The van der Waals surface area contributed by atoms with Crippen molar-refractivity contribution in [3.8, 4) is 16.3 Å². The molecular weight excluding hydrogens is 339 g/mol. The molecular formula is C19H17FN2O2S. The third-order valence-electron chi connectivity index (χ3n) is 3.79. The molecule has 0 fully saturated rings. The third kappa shape index (κ3) is 4.03. The number of hydrogen-bond acceptors (Lipinski definition) is 4. The SMILES string of the molecule is COc1ccc(-c2nc(C(=O)N[C@H](C)c3ccc(F)cc3)cs2)cc1. The average Bonchev–Trinajstić information content (AvgIpc) is 3.12. The number of amides is 1. The summed E-state index contributed by atoms with van der Waals surface area (Å²) in [6, 6.07) is 13.3. The summed E-state index contributed by atoms with van der Waals surface area (Å²) in [4.78, 5) is 16.8. The number of ether oxygens (including phenoxy) is 1. The standard InChI is InChI=1S/C19H17FN2O2S/c1-12(13-3-7-15(20)8-4-13)21-18(23)17-11-25-19(22-17)14-5-9-16(24-2)10-6-14/h3-12H,1-2H3,(H,21,23)/t12-/m1/s1. The number of thiazole rings is 1. The molecule has 4 nitrogen and oxygen atoms in total. The number of aromatic nitrogens is 1. The van der Waals surface area contributed by atoms with Crippen LogP contribution in [0.1, 0.15) is 29.0 Å². The molecule has 3 aromatic rings. The molecule has 0 saturated carbocycles. The fraction of sp³-hybridized carbons (Fsp3) is 0.158. The maximum absolute atomic E-state index is 13.0. The minimum atomic E-state index is -0.300. The number of nitrogens with one attached hydrogen (secondary N) is 1. The molecule has 0 aliphatic heterocycles. The van der Waals surface area contributed by atoms with E-state index in [1.807, 2.05) is 31.2 Å². The van der Waals surface area contributed by atoms with Gasteiger partial charge in [-0.3, -0.25) is 4.79 Å². The number of carbonyl (C=O) groups excluding carboxylic acids is 1. The minimum absolute atomic E-state index is 0.237. The van der Waals surface area contributed by atoms with Crippen LogP contribution in [0, 0.1) is 5.82 Å². The van der Waals surface area contributed by atoms with Crippen LogP contribution in [-0.4, -0.2) is 18.0 Å². The predicted octanol–water partition coefficient (Wildman–Crippen LogP) is 4.45. The molecule has 0 radical (unpaired) electrons. The van der Waals surface area contributed by atoms with Crippen LogP contribution >= 0.6 is 11.3 Å². The first-order valence-corrected chi connectivity index (χ1v) is 8.61. The summed E-state index contributed by atoms with van der Waals surface area (Å²) in [5.41, 5.74) is 2.13.